The van der Waals surface area contributed by atoms with Gasteiger partial charge in [0.25, 0.3) is 0 Å². The van der Waals surface area contributed by atoms with Crippen molar-refractivity contribution in [3.05, 3.63) is 0 Å². The molecule has 114 valence electrons. The largest absolute Gasteiger partial charge is 0.481 e. The molecule has 0 bridgehead atoms. The predicted octanol–water partition coefficient (Wildman–Crippen LogP) is 1.31. The van der Waals surface area contributed by atoms with Crippen LogP contribution in [-0.2, 0) is 9.53 Å². The third-order valence-corrected chi connectivity index (χ3v) is 4.81. The lowest BCUT2D eigenvalue weighted by Gasteiger charge is -2.23. The number of methoxy groups -OCH3 is 1. The van der Waals surface area contributed by atoms with Crippen LogP contribution in [0, 0.1) is 11.3 Å². The van der Waals surface area contributed by atoms with E-state index in [9.17, 15) is 14.7 Å². The van der Waals surface area contributed by atoms with Crippen molar-refractivity contribution in [3.8, 4) is 0 Å². The van der Waals surface area contributed by atoms with Crippen molar-refractivity contribution in [1.29, 1.82) is 0 Å². The van der Waals surface area contributed by atoms with Gasteiger partial charge in [0.05, 0.1) is 11.5 Å². The van der Waals surface area contributed by atoms with E-state index in [4.69, 9.17) is 4.74 Å². The molecule has 1 heterocycles. The SMILES string of the molecule is COC(C)CCNC(=O)N1C[C@@H]2CCC[C@@]2(C(=O)O)C1. The highest BCUT2D eigenvalue weighted by molar-refractivity contribution is 5.80. The standard InChI is InChI=1S/C14H24N2O4/c1-10(20-2)5-7-15-13(19)16-8-11-4-3-6-14(11,9-16)12(17)18/h10-11H,3-9H2,1-2H3,(H,15,19)(H,17,18)/t10?,11-,14+/m0/s1. The van der Waals surface area contributed by atoms with Crippen molar-refractivity contribution in [3.63, 3.8) is 0 Å². The van der Waals surface area contributed by atoms with Crippen LogP contribution in [-0.4, -0.2) is 54.9 Å². The summed E-state index contributed by atoms with van der Waals surface area (Å²) in [5.74, 6) is -0.632. The summed E-state index contributed by atoms with van der Waals surface area (Å²) >= 11 is 0. The molecule has 0 aromatic carbocycles. The summed E-state index contributed by atoms with van der Waals surface area (Å²) < 4.78 is 5.12. The fourth-order valence-corrected chi connectivity index (χ4v) is 3.41. The maximum Gasteiger partial charge on any atom is 0.317 e. The molecule has 0 radical (unpaired) electrons. The molecule has 2 aliphatic rings. The number of carbonyl (C=O) groups excluding carboxylic acids is 1. The number of rotatable bonds is 5. The van der Waals surface area contributed by atoms with E-state index in [0.29, 0.717) is 26.1 Å². The monoisotopic (exact) mass is 284 g/mol. The smallest absolute Gasteiger partial charge is 0.317 e. The molecule has 6 nitrogen and oxygen atoms in total. The molecule has 0 aromatic rings. The Kier molecular flexibility index (Phi) is 4.52. The normalized spacial score (nSPS) is 30.1. The van der Waals surface area contributed by atoms with Gasteiger partial charge in [-0.3, -0.25) is 4.79 Å². The first-order valence-corrected chi connectivity index (χ1v) is 7.28. The van der Waals surface area contributed by atoms with Crippen molar-refractivity contribution in [2.75, 3.05) is 26.7 Å². The molecule has 2 rings (SSSR count). The van der Waals surface area contributed by atoms with Gasteiger partial charge < -0.3 is 20.1 Å². The van der Waals surface area contributed by atoms with Gasteiger partial charge in [0.15, 0.2) is 0 Å². The molecule has 2 N–H and O–H groups in total. The van der Waals surface area contributed by atoms with Crippen molar-refractivity contribution in [1.82, 2.24) is 10.2 Å². The zero-order valence-corrected chi connectivity index (χ0v) is 12.2. The molecule has 20 heavy (non-hydrogen) atoms. The van der Waals surface area contributed by atoms with Gasteiger partial charge in [-0.1, -0.05) is 6.42 Å². The predicted molar refractivity (Wildman–Crippen MR) is 73.5 cm³/mol. The number of carbonyl (C=O) groups is 2. The Bertz CT molecular complexity index is 387. The quantitative estimate of drug-likeness (QED) is 0.798. The summed E-state index contributed by atoms with van der Waals surface area (Å²) in [4.78, 5) is 25.3. The third-order valence-electron chi connectivity index (χ3n) is 4.81. The van der Waals surface area contributed by atoms with Gasteiger partial charge in [-0.25, -0.2) is 4.79 Å². The first-order chi connectivity index (χ1) is 9.49. The molecule has 1 aliphatic heterocycles. The first kappa shape index (κ1) is 15.1. The van der Waals surface area contributed by atoms with Crippen LogP contribution in [0.2, 0.25) is 0 Å². The van der Waals surface area contributed by atoms with E-state index >= 15 is 0 Å². The zero-order chi connectivity index (χ0) is 14.8. The minimum absolute atomic E-state index is 0.110. The number of urea groups is 1. The van der Waals surface area contributed by atoms with Crippen molar-refractivity contribution < 1.29 is 19.4 Å². The van der Waals surface area contributed by atoms with Gasteiger partial charge >= 0.3 is 12.0 Å². The Balaban J connectivity index is 1.86. The Morgan fingerprint density at radius 2 is 2.30 bits per heavy atom. The van der Waals surface area contributed by atoms with Crippen LogP contribution >= 0.6 is 0 Å². The van der Waals surface area contributed by atoms with Crippen LogP contribution < -0.4 is 5.32 Å². The Morgan fingerprint density at radius 1 is 1.55 bits per heavy atom. The number of carboxylic acids is 1. The number of carboxylic acid groups (broad SMARTS) is 1. The summed E-state index contributed by atoms with van der Waals surface area (Å²) in [6.07, 6.45) is 3.42. The number of nitrogens with zero attached hydrogens (tertiary/aromatic N) is 1. The maximum absolute atomic E-state index is 12.1. The van der Waals surface area contributed by atoms with Crippen molar-refractivity contribution in [2.45, 2.75) is 38.7 Å². The summed E-state index contributed by atoms with van der Waals surface area (Å²) in [5.41, 5.74) is -0.697. The average molecular weight is 284 g/mol. The molecule has 6 heteroatoms. The number of fused-ring (bicyclic) bond motifs is 1. The number of nitrogens with one attached hydrogen (secondary N) is 1. The van der Waals surface area contributed by atoms with Gasteiger partial charge in [-0.2, -0.15) is 0 Å². The Morgan fingerprint density at radius 3 is 2.90 bits per heavy atom. The van der Waals surface area contributed by atoms with E-state index in [1.807, 2.05) is 6.92 Å². The van der Waals surface area contributed by atoms with Crippen LogP contribution in [0.1, 0.15) is 32.6 Å². The Hall–Kier alpha value is -1.30. The summed E-state index contributed by atoms with van der Waals surface area (Å²) in [5, 5.41) is 12.3. The van der Waals surface area contributed by atoms with Gasteiger partial charge in [-0.05, 0) is 32.1 Å². The molecule has 1 unspecified atom stereocenters. The molecule has 0 spiro atoms. The summed E-state index contributed by atoms with van der Waals surface area (Å²) in [6, 6.07) is -0.150. The van der Waals surface area contributed by atoms with E-state index < -0.39 is 11.4 Å². The topological polar surface area (TPSA) is 78.9 Å². The number of amides is 2. The van der Waals surface area contributed by atoms with Crippen molar-refractivity contribution in [2.24, 2.45) is 11.3 Å². The van der Waals surface area contributed by atoms with Crippen LogP contribution in [0.3, 0.4) is 0 Å². The van der Waals surface area contributed by atoms with E-state index in [-0.39, 0.29) is 18.1 Å². The molecule has 1 saturated heterocycles. The average Bonchev–Trinajstić information content (AvgIpc) is 2.95. The third kappa shape index (κ3) is 2.75. The van der Waals surface area contributed by atoms with Gasteiger partial charge in [0.1, 0.15) is 0 Å². The number of likely N-dealkylation sites (tertiary alicyclic amines) is 1. The zero-order valence-electron chi connectivity index (χ0n) is 12.2. The molecule has 1 aliphatic carbocycles. The van der Waals surface area contributed by atoms with Gasteiger partial charge in [0.2, 0.25) is 0 Å². The van der Waals surface area contributed by atoms with Crippen LogP contribution in [0.25, 0.3) is 0 Å². The van der Waals surface area contributed by atoms with Crippen LogP contribution in [0.4, 0.5) is 4.79 Å². The lowest BCUT2D eigenvalue weighted by atomic mass is 9.81. The molecule has 0 aromatic heterocycles. The fraction of sp³-hybridized carbons (Fsp3) is 0.857. The second-order valence-electron chi connectivity index (χ2n) is 6.00. The molecule has 2 amide bonds. The van der Waals surface area contributed by atoms with Gasteiger partial charge in [-0.15, -0.1) is 0 Å². The van der Waals surface area contributed by atoms with E-state index in [1.165, 1.54) is 0 Å². The molecular formula is C14H24N2O4. The number of aliphatic carboxylic acids is 1. The van der Waals surface area contributed by atoms with E-state index in [0.717, 1.165) is 19.3 Å². The summed E-state index contributed by atoms with van der Waals surface area (Å²) in [7, 11) is 1.64. The molecule has 2 fully saturated rings. The van der Waals surface area contributed by atoms with E-state index in [1.54, 1.807) is 12.0 Å². The minimum Gasteiger partial charge on any atom is -0.481 e. The lowest BCUT2D eigenvalue weighted by molar-refractivity contribution is -0.149. The highest BCUT2D eigenvalue weighted by atomic mass is 16.5. The van der Waals surface area contributed by atoms with Crippen molar-refractivity contribution >= 4 is 12.0 Å². The maximum atomic E-state index is 12.1. The Labute approximate surface area is 119 Å². The highest BCUT2D eigenvalue weighted by Crippen LogP contribution is 2.48. The molecular weight excluding hydrogens is 260 g/mol. The number of hydrogen-bond acceptors (Lipinski definition) is 3. The second-order valence-corrected chi connectivity index (χ2v) is 6.00. The van der Waals surface area contributed by atoms with Crippen LogP contribution in [0.15, 0.2) is 0 Å². The summed E-state index contributed by atoms with van der Waals surface area (Å²) in [6.45, 7) is 3.41. The number of ether oxygens (including phenoxy) is 1. The van der Waals surface area contributed by atoms with Gasteiger partial charge in [0, 0.05) is 26.7 Å². The lowest BCUT2D eigenvalue weighted by Crippen LogP contribution is -2.42. The fourth-order valence-electron chi connectivity index (χ4n) is 3.41. The van der Waals surface area contributed by atoms with Crippen LogP contribution in [0.5, 0.6) is 0 Å². The minimum atomic E-state index is -0.747. The molecule has 1 saturated carbocycles. The first-order valence-electron chi connectivity index (χ1n) is 7.28. The molecule has 3 atom stereocenters. The number of hydrogen-bond donors (Lipinski definition) is 2. The highest BCUT2D eigenvalue weighted by Gasteiger charge is 2.55. The van der Waals surface area contributed by atoms with E-state index in [2.05, 4.69) is 5.32 Å². The second kappa shape index (κ2) is 5.99.